The third-order valence-electron chi connectivity index (χ3n) is 4.50. The van der Waals surface area contributed by atoms with Crippen molar-refractivity contribution in [2.75, 3.05) is 42.7 Å². The fourth-order valence-electron chi connectivity index (χ4n) is 3.14. The predicted octanol–water partition coefficient (Wildman–Crippen LogP) is 3.65. The van der Waals surface area contributed by atoms with Gasteiger partial charge in [-0.1, -0.05) is 0 Å². The molecule has 10 heteroatoms. The first-order chi connectivity index (χ1) is 14.5. The Morgan fingerprint density at radius 3 is 1.53 bits per heavy atom. The van der Waals surface area contributed by atoms with E-state index in [-0.39, 0.29) is 0 Å². The number of hydrogen-bond acceptors (Lipinski definition) is 8. The highest BCUT2D eigenvalue weighted by Crippen LogP contribution is 2.43. The lowest BCUT2D eigenvalue weighted by molar-refractivity contribution is 0.324. The summed E-state index contributed by atoms with van der Waals surface area (Å²) in [6, 6.07) is 7.16. The Bertz CT molecular complexity index is 1060. The van der Waals surface area contributed by atoms with Gasteiger partial charge in [-0.3, -0.25) is 9.67 Å². The summed E-state index contributed by atoms with van der Waals surface area (Å²) in [6.07, 6.45) is 0. The standard InChI is InChI=1S/C20H23N3O6S/c1-24-13-7-11(8-14(25-2)17(13)28-5)19-21-22-20(30)23(19)12-9-15(26-3)18(29-6)16(10-12)27-4/h7-10H,1-6H3,(H,22,30). The van der Waals surface area contributed by atoms with Crippen LogP contribution in [0, 0.1) is 4.77 Å². The average Bonchev–Trinajstić information content (AvgIpc) is 3.17. The molecule has 1 N–H and O–H groups in total. The molecule has 0 saturated carbocycles. The molecule has 0 fully saturated rings. The van der Waals surface area contributed by atoms with Gasteiger partial charge in [0.05, 0.1) is 48.3 Å². The zero-order chi connectivity index (χ0) is 21.8. The second kappa shape index (κ2) is 8.95. The van der Waals surface area contributed by atoms with E-state index in [1.54, 1.807) is 71.5 Å². The molecule has 1 aromatic heterocycles. The number of hydrogen-bond donors (Lipinski definition) is 1. The van der Waals surface area contributed by atoms with Crippen molar-refractivity contribution in [2.24, 2.45) is 0 Å². The number of ether oxygens (including phenoxy) is 6. The van der Waals surface area contributed by atoms with E-state index < -0.39 is 0 Å². The van der Waals surface area contributed by atoms with Gasteiger partial charge >= 0.3 is 0 Å². The van der Waals surface area contributed by atoms with E-state index in [2.05, 4.69) is 10.2 Å². The van der Waals surface area contributed by atoms with Crippen molar-refractivity contribution < 1.29 is 28.4 Å². The van der Waals surface area contributed by atoms with E-state index >= 15 is 0 Å². The lowest BCUT2D eigenvalue weighted by Gasteiger charge is -2.16. The molecule has 160 valence electrons. The van der Waals surface area contributed by atoms with Crippen LogP contribution in [0.5, 0.6) is 34.5 Å². The minimum atomic E-state index is 0.382. The van der Waals surface area contributed by atoms with E-state index in [1.807, 2.05) is 0 Å². The van der Waals surface area contributed by atoms with Gasteiger partial charge in [0, 0.05) is 17.7 Å². The van der Waals surface area contributed by atoms with Crippen molar-refractivity contribution in [3.63, 3.8) is 0 Å². The van der Waals surface area contributed by atoms with Gasteiger partial charge in [0.15, 0.2) is 33.6 Å². The Hall–Kier alpha value is -3.40. The van der Waals surface area contributed by atoms with Crippen molar-refractivity contribution in [2.45, 2.75) is 0 Å². The molecule has 0 amide bonds. The van der Waals surface area contributed by atoms with Crippen molar-refractivity contribution in [3.8, 4) is 51.6 Å². The van der Waals surface area contributed by atoms with Gasteiger partial charge in [-0.25, -0.2) is 0 Å². The lowest BCUT2D eigenvalue weighted by atomic mass is 10.1. The summed E-state index contributed by atoms with van der Waals surface area (Å²) < 4.78 is 34.8. The second-order valence-corrected chi connectivity index (χ2v) is 6.37. The van der Waals surface area contributed by atoms with Crippen molar-refractivity contribution in [1.82, 2.24) is 14.8 Å². The Balaban J connectivity index is 2.26. The molecule has 0 unspecified atom stereocenters. The Morgan fingerprint density at radius 2 is 1.13 bits per heavy atom. The highest BCUT2D eigenvalue weighted by Gasteiger charge is 2.20. The summed E-state index contributed by atoms with van der Waals surface area (Å²) in [6.45, 7) is 0. The first kappa shape index (κ1) is 21.3. The first-order valence-electron chi connectivity index (χ1n) is 8.81. The minimum absolute atomic E-state index is 0.382. The quantitative estimate of drug-likeness (QED) is 0.539. The van der Waals surface area contributed by atoms with Crippen LogP contribution in [0.4, 0.5) is 0 Å². The molecule has 0 spiro atoms. The molecule has 0 aliphatic rings. The Morgan fingerprint density at radius 1 is 0.700 bits per heavy atom. The van der Waals surface area contributed by atoms with Crippen molar-refractivity contribution in [3.05, 3.63) is 29.0 Å². The average molecular weight is 433 g/mol. The number of aromatic nitrogens is 3. The van der Waals surface area contributed by atoms with Gasteiger partial charge in [0.1, 0.15) is 0 Å². The van der Waals surface area contributed by atoms with Gasteiger partial charge in [0.25, 0.3) is 0 Å². The molecule has 0 bridgehead atoms. The summed E-state index contributed by atoms with van der Waals surface area (Å²) >= 11 is 5.49. The molecule has 9 nitrogen and oxygen atoms in total. The van der Waals surface area contributed by atoms with Crippen molar-refractivity contribution >= 4 is 12.2 Å². The molecular formula is C20H23N3O6S. The third-order valence-corrected chi connectivity index (χ3v) is 4.78. The fraction of sp³-hybridized carbons (Fsp3) is 0.300. The van der Waals surface area contributed by atoms with Gasteiger partial charge in [-0.05, 0) is 24.4 Å². The molecule has 3 rings (SSSR count). The zero-order valence-electron chi connectivity index (χ0n) is 17.6. The third kappa shape index (κ3) is 3.61. The molecule has 30 heavy (non-hydrogen) atoms. The van der Waals surface area contributed by atoms with Crippen LogP contribution in [0.2, 0.25) is 0 Å². The maximum absolute atomic E-state index is 5.49. The summed E-state index contributed by atoms with van der Waals surface area (Å²) in [5, 5.41) is 7.23. The molecule has 2 aromatic carbocycles. The Labute approximate surface area is 179 Å². The predicted molar refractivity (Wildman–Crippen MR) is 113 cm³/mol. The normalized spacial score (nSPS) is 10.5. The number of nitrogens with one attached hydrogen (secondary N) is 1. The largest absolute Gasteiger partial charge is 0.493 e. The highest BCUT2D eigenvalue weighted by atomic mass is 32.1. The molecule has 0 saturated heterocycles. The molecule has 0 radical (unpaired) electrons. The topological polar surface area (TPSA) is 89.0 Å². The van der Waals surface area contributed by atoms with Crippen LogP contribution in [0.1, 0.15) is 0 Å². The van der Waals surface area contributed by atoms with E-state index in [0.29, 0.717) is 56.3 Å². The number of H-pyrrole nitrogens is 1. The monoisotopic (exact) mass is 433 g/mol. The second-order valence-electron chi connectivity index (χ2n) is 5.99. The number of nitrogens with zero attached hydrogens (tertiary/aromatic N) is 2. The van der Waals surface area contributed by atoms with Gasteiger partial charge in [0.2, 0.25) is 11.5 Å². The summed E-state index contributed by atoms with van der Waals surface area (Å²) in [5.74, 6) is 3.48. The first-order valence-corrected chi connectivity index (χ1v) is 9.21. The van der Waals surface area contributed by atoms with Crippen LogP contribution in [0.25, 0.3) is 17.1 Å². The number of aromatic amines is 1. The molecule has 0 atom stereocenters. The summed E-state index contributed by atoms with van der Waals surface area (Å²) in [5.41, 5.74) is 1.37. The van der Waals surface area contributed by atoms with Gasteiger partial charge in [-0.15, -0.1) is 0 Å². The Kier molecular flexibility index (Phi) is 6.36. The maximum atomic E-state index is 5.49. The summed E-state index contributed by atoms with van der Waals surface area (Å²) in [7, 11) is 9.30. The lowest BCUT2D eigenvalue weighted by Crippen LogP contribution is -2.02. The number of methoxy groups -OCH3 is 6. The highest BCUT2D eigenvalue weighted by molar-refractivity contribution is 7.71. The zero-order valence-corrected chi connectivity index (χ0v) is 18.4. The number of benzene rings is 2. The SMILES string of the molecule is COc1cc(-c2n[nH]c(=S)n2-c2cc(OC)c(OC)c(OC)c2)cc(OC)c1OC. The smallest absolute Gasteiger partial charge is 0.203 e. The fourth-order valence-corrected chi connectivity index (χ4v) is 3.37. The van der Waals surface area contributed by atoms with E-state index in [0.717, 1.165) is 0 Å². The maximum Gasteiger partial charge on any atom is 0.203 e. The van der Waals surface area contributed by atoms with Crippen LogP contribution in [-0.4, -0.2) is 57.4 Å². The minimum Gasteiger partial charge on any atom is -0.493 e. The summed E-state index contributed by atoms with van der Waals surface area (Å²) in [4.78, 5) is 0. The van der Waals surface area contributed by atoms with E-state index in [4.69, 9.17) is 40.6 Å². The van der Waals surface area contributed by atoms with Crippen LogP contribution in [-0.2, 0) is 0 Å². The van der Waals surface area contributed by atoms with Gasteiger partial charge < -0.3 is 28.4 Å². The van der Waals surface area contributed by atoms with Crippen LogP contribution < -0.4 is 28.4 Å². The van der Waals surface area contributed by atoms with Gasteiger partial charge in [-0.2, -0.15) is 5.10 Å². The van der Waals surface area contributed by atoms with E-state index in [9.17, 15) is 0 Å². The van der Waals surface area contributed by atoms with Crippen LogP contribution >= 0.6 is 12.2 Å². The van der Waals surface area contributed by atoms with Crippen LogP contribution in [0.3, 0.4) is 0 Å². The molecule has 0 aliphatic heterocycles. The molecular weight excluding hydrogens is 410 g/mol. The van der Waals surface area contributed by atoms with E-state index in [1.165, 1.54) is 0 Å². The van der Waals surface area contributed by atoms with Crippen LogP contribution in [0.15, 0.2) is 24.3 Å². The molecule has 0 aliphatic carbocycles. The number of rotatable bonds is 8. The molecule has 3 aromatic rings. The van der Waals surface area contributed by atoms with Crippen molar-refractivity contribution in [1.29, 1.82) is 0 Å². The molecule has 1 heterocycles.